The van der Waals surface area contributed by atoms with Gasteiger partial charge in [0.15, 0.2) is 0 Å². The number of alkyl halides is 2. The Balaban J connectivity index is 2.42. The first-order valence-electron chi connectivity index (χ1n) is 3.91. The molecule has 0 aromatic heterocycles. The van der Waals surface area contributed by atoms with Crippen LogP contribution < -0.4 is 5.32 Å². The Morgan fingerprint density at radius 1 is 1.73 bits per heavy atom. The summed E-state index contributed by atoms with van der Waals surface area (Å²) in [6.07, 6.45) is 2.73. The third kappa shape index (κ3) is 2.67. The highest BCUT2D eigenvalue weighted by Gasteiger charge is 2.28. The van der Waals surface area contributed by atoms with Crippen molar-refractivity contribution in [2.24, 2.45) is 0 Å². The second kappa shape index (κ2) is 5.18. The van der Waals surface area contributed by atoms with E-state index in [1.165, 1.54) is 23.9 Å². The van der Waals surface area contributed by atoms with Gasteiger partial charge in [0.2, 0.25) is 0 Å². The van der Waals surface area contributed by atoms with Gasteiger partial charge in [-0.25, -0.2) is 0 Å². The predicted molar refractivity (Wildman–Crippen MR) is 65.5 cm³/mol. The summed E-state index contributed by atoms with van der Waals surface area (Å²) < 4.78 is 1.79. The lowest BCUT2D eigenvalue weighted by Gasteiger charge is -2.26. The lowest BCUT2D eigenvalue weighted by molar-refractivity contribution is 0.293. The summed E-state index contributed by atoms with van der Waals surface area (Å²) in [5.41, 5.74) is 0. The predicted octanol–water partition coefficient (Wildman–Crippen LogP) is 1.82. The van der Waals surface area contributed by atoms with E-state index in [0.717, 1.165) is 6.04 Å². The Morgan fingerprint density at radius 3 is 3.00 bits per heavy atom. The molecule has 1 saturated heterocycles. The van der Waals surface area contributed by atoms with Gasteiger partial charge in [-0.2, -0.15) is 0 Å². The number of hydrogen-bond acceptors (Lipinski definition) is 2. The summed E-state index contributed by atoms with van der Waals surface area (Å²) >= 11 is 4.94. The normalized spacial score (nSPS) is 29.2. The quantitative estimate of drug-likeness (QED) is 0.457. The molecule has 0 amide bonds. The number of nitrogens with one attached hydrogen (secondary N) is 1. The van der Waals surface area contributed by atoms with Crippen molar-refractivity contribution in [2.45, 2.75) is 22.9 Å². The first-order valence-corrected chi connectivity index (χ1v) is 6.68. The molecule has 2 nitrogen and oxygen atoms in total. The molecule has 0 aromatic carbocycles. The zero-order valence-electron chi connectivity index (χ0n) is 6.69. The van der Waals surface area contributed by atoms with E-state index in [4.69, 9.17) is 0 Å². The van der Waals surface area contributed by atoms with E-state index in [-0.39, 0.29) is 0 Å². The van der Waals surface area contributed by atoms with Gasteiger partial charge < -0.3 is 5.32 Å². The Morgan fingerprint density at radius 2 is 2.45 bits per heavy atom. The van der Waals surface area contributed by atoms with Crippen LogP contribution in [0.5, 0.6) is 0 Å². The number of nitrogens with zero attached hydrogens (tertiary/aromatic N) is 1. The SMILES string of the molecule is CNC(I)C1CCCN1CI. The Hall–Kier alpha value is 1.38. The van der Waals surface area contributed by atoms with Crippen molar-refractivity contribution in [1.82, 2.24) is 10.2 Å². The number of likely N-dealkylation sites (N-methyl/N-ethyl adjacent to an activating group) is 1. The molecular formula is C7H14I2N2. The van der Waals surface area contributed by atoms with Gasteiger partial charge in [0.25, 0.3) is 0 Å². The first kappa shape index (κ1) is 10.5. The van der Waals surface area contributed by atoms with Gasteiger partial charge >= 0.3 is 0 Å². The molecular weight excluding hydrogens is 366 g/mol. The van der Waals surface area contributed by atoms with E-state index in [1.54, 1.807) is 0 Å². The first-order chi connectivity index (χ1) is 5.29. The van der Waals surface area contributed by atoms with Crippen molar-refractivity contribution in [3.05, 3.63) is 0 Å². The van der Waals surface area contributed by atoms with Crippen LogP contribution >= 0.6 is 45.2 Å². The molecule has 1 aliphatic heterocycles. The number of halogens is 2. The van der Waals surface area contributed by atoms with Crippen LogP contribution in [-0.4, -0.2) is 33.1 Å². The van der Waals surface area contributed by atoms with E-state index in [2.05, 4.69) is 55.4 Å². The van der Waals surface area contributed by atoms with E-state index < -0.39 is 0 Å². The minimum Gasteiger partial charge on any atom is -0.307 e. The number of rotatable bonds is 3. The molecule has 1 heterocycles. The summed E-state index contributed by atoms with van der Waals surface area (Å²) in [5.74, 6) is 0. The molecule has 1 fully saturated rings. The molecule has 0 radical (unpaired) electrons. The van der Waals surface area contributed by atoms with Crippen LogP contribution in [0.25, 0.3) is 0 Å². The lowest BCUT2D eigenvalue weighted by Crippen LogP contribution is -2.41. The average molecular weight is 380 g/mol. The van der Waals surface area contributed by atoms with Gasteiger partial charge in [0, 0.05) is 6.04 Å². The smallest absolute Gasteiger partial charge is 0.0749 e. The van der Waals surface area contributed by atoms with Crippen LogP contribution in [0.2, 0.25) is 0 Å². The molecule has 4 heteroatoms. The van der Waals surface area contributed by atoms with Gasteiger partial charge in [-0.15, -0.1) is 0 Å². The molecule has 0 aromatic rings. The van der Waals surface area contributed by atoms with Crippen molar-refractivity contribution in [2.75, 3.05) is 18.1 Å². The maximum Gasteiger partial charge on any atom is 0.0749 e. The van der Waals surface area contributed by atoms with Gasteiger partial charge in [0.05, 0.1) is 8.60 Å². The molecule has 1 rings (SSSR count). The Bertz CT molecular complexity index is 121. The lowest BCUT2D eigenvalue weighted by atomic mass is 10.2. The largest absolute Gasteiger partial charge is 0.307 e. The molecule has 2 unspecified atom stereocenters. The van der Waals surface area contributed by atoms with Crippen molar-refractivity contribution in [3.63, 3.8) is 0 Å². The summed E-state index contributed by atoms with van der Waals surface area (Å²) in [6, 6.07) is 0.762. The van der Waals surface area contributed by atoms with Crippen LogP contribution in [-0.2, 0) is 0 Å². The second-order valence-electron chi connectivity index (χ2n) is 2.83. The zero-order valence-corrected chi connectivity index (χ0v) is 11.0. The van der Waals surface area contributed by atoms with Crippen LogP contribution in [0, 0.1) is 0 Å². The van der Waals surface area contributed by atoms with Crippen LogP contribution in [0.4, 0.5) is 0 Å². The highest BCUT2D eigenvalue weighted by atomic mass is 127. The molecule has 1 N–H and O–H groups in total. The molecule has 66 valence electrons. The third-order valence-electron chi connectivity index (χ3n) is 2.18. The molecule has 0 saturated carbocycles. The number of likely N-dealkylation sites (tertiary alicyclic amines) is 1. The van der Waals surface area contributed by atoms with Gasteiger partial charge in [-0.05, 0) is 26.4 Å². The van der Waals surface area contributed by atoms with Gasteiger partial charge in [-0.3, -0.25) is 4.90 Å². The van der Waals surface area contributed by atoms with Gasteiger partial charge in [-0.1, -0.05) is 45.2 Å². The molecule has 2 atom stereocenters. The molecule has 11 heavy (non-hydrogen) atoms. The highest BCUT2D eigenvalue weighted by molar-refractivity contribution is 14.1. The van der Waals surface area contributed by atoms with Crippen molar-refractivity contribution >= 4 is 45.2 Å². The van der Waals surface area contributed by atoms with E-state index in [0.29, 0.717) is 4.05 Å². The van der Waals surface area contributed by atoms with Crippen LogP contribution in [0.1, 0.15) is 12.8 Å². The standard InChI is InChI=1S/C7H14I2N2/c1-10-7(9)6-3-2-4-11(6)5-8/h6-7,10H,2-5H2,1H3. The van der Waals surface area contributed by atoms with Crippen molar-refractivity contribution in [3.8, 4) is 0 Å². The summed E-state index contributed by atoms with van der Waals surface area (Å²) in [4.78, 5) is 2.55. The molecule has 0 bridgehead atoms. The Labute approximate surface area is 95.8 Å². The topological polar surface area (TPSA) is 15.3 Å². The van der Waals surface area contributed by atoms with Crippen LogP contribution in [0.15, 0.2) is 0 Å². The summed E-state index contributed by atoms with van der Waals surface area (Å²) in [6.45, 7) is 1.29. The summed E-state index contributed by atoms with van der Waals surface area (Å²) in [5, 5.41) is 3.31. The second-order valence-corrected chi connectivity index (χ2v) is 4.86. The minimum absolute atomic E-state index is 0.616. The van der Waals surface area contributed by atoms with Crippen LogP contribution in [0.3, 0.4) is 0 Å². The number of hydrogen-bond donors (Lipinski definition) is 1. The highest BCUT2D eigenvalue weighted by Crippen LogP contribution is 2.23. The maximum atomic E-state index is 3.31. The van der Waals surface area contributed by atoms with E-state index in [1.807, 2.05) is 7.05 Å². The van der Waals surface area contributed by atoms with Gasteiger partial charge in [0.1, 0.15) is 0 Å². The van der Waals surface area contributed by atoms with E-state index in [9.17, 15) is 0 Å². The average Bonchev–Trinajstić information content (AvgIpc) is 2.50. The zero-order chi connectivity index (χ0) is 8.27. The molecule has 1 aliphatic rings. The minimum atomic E-state index is 0.616. The fraction of sp³-hybridized carbons (Fsp3) is 1.00. The fourth-order valence-electron chi connectivity index (χ4n) is 1.52. The summed E-state index contributed by atoms with van der Waals surface area (Å²) in [7, 11) is 2.04. The fourth-order valence-corrected chi connectivity index (χ4v) is 3.19. The molecule has 0 aliphatic carbocycles. The maximum absolute atomic E-state index is 3.31. The molecule has 0 spiro atoms. The van der Waals surface area contributed by atoms with Crippen molar-refractivity contribution in [1.29, 1.82) is 0 Å². The Kier molecular flexibility index (Phi) is 4.93. The van der Waals surface area contributed by atoms with Crippen molar-refractivity contribution < 1.29 is 0 Å². The van der Waals surface area contributed by atoms with E-state index >= 15 is 0 Å². The third-order valence-corrected chi connectivity index (χ3v) is 4.51. The monoisotopic (exact) mass is 380 g/mol.